The van der Waals surface area contributed by atoms with Crippen molar-refractivity contribution >= 4 is 29.9 Å². The van der Waals surface area contributed by atoms with Gasteiger partial charge in [-0.1, -0.05) is 12.1 Å². The zero-order valence-corrected chi connectivity index (χ0v) is 18.3. The van der Waals surface area contributed by atoms with Gasteiger partial charge in [0.2, 0.25) is 0 Å². The predicted molar refractivity (Wildman–Crippen MR) is 117 cm³/mol. The third kappa shape index (κ3) is 6.95. The molecule has 2 aliphatic rings. The van der Waals surface area contributed by atoms with Gasteiger partial charge in [-0.25, -0.2) is 0 Å². The van der Waals surface area contributed by atoms with Crippen LogP contribution in [0.1, 0.15) is 43.2 Å². The minimum Gasteiger partial charge on any atom is -0.493 e. The Bertz CT molecular complexity index is 584. The Morgan fingerprint density at radius 1 is 1.27 bits per heavy atom. The number of benzene rings is 1. The van der Waals surface area contributed by atoms with Gasteiger partial charge in [0.15, 0.2) is 5.96 Å². The number of aliphatic imine (C=N–C) groups is 1. The molecule has 2 N–H and O–H groups in total. The third-order valence-electron chi connectivity index (χ3n) is 4.85. The molecule has 1 saturated heterocycles. The molecule has 1 aromatic rings. The minimum atomic E-state index is 0. The van der Waals surface area contributed by atoms with E-state index in [9.17, 15) is 0 Å². The maximum absolute atomic E-state index is 6.04. The Kier molecular flexibility index (Phi) is 8.98. The van der Waals surface area contributed by atoms with Gasteiger partial charge in [-0.15, -0.1) is 24.0 Å². The highest BCUT2D eigenvalue weighted by Gasteiger charge is 2.22. The molecule has 0 spiro atoms. The van der Waals surface area contributed by atoms with Crippen molar-refractivity contribution in [1.29, 1.82) is 0 Å². The van der Waals surface area contributed by atoms with Crippen LogP contribution in [0.2, 0.25) is 0 Å². The van der Waals surface area contributed by atoms with Crippen LogP contribution in [0.5, 0.6) is 5.75 Å². The lowest BCUT2D eigenvalue weighted by Gasteiger charge is -2.16. The van der Waals surface area contributed by atoms with Crippen molar-refractivity contribution in [2.24, 2.45) is 10.9 Å². The van der Waals surface area contributed by atoms with Crippen LogP contribution in [0.15, 0.2) is 23.2 Å². The van der Waals surface area contributed by atoms with Gasteiger partial charge in [-0.2, -0.15) is 0 Å². The molecule has 1 aromatic carbocycles. The van der Waals surface area contributed by atoms with E-state index >= 15 is 0 Å². The van der Waals surface area contributed by atoms with Crippen molar-refractivity contribution in [3.05, 3.63) is 29.3 Å². The Balaban J connectivity index is 0.00000243. The molecule has 1 aliphatic carbocycles. The zero-order valence-electron chi connectivity index (χ0n) is 15.9. The minimum absolute atomic E-state index is 0. The van der Waals surface area contributed by atoms with Gasteiger partial charge >= 0.3 is 0 Å². The maximum atomic E-state index is 6.04. The van der Waals surface area contributed by atoms with Crippen LogP contribution in [-0.4, -0.2) is 38.9 Å². The highest BCUT2D eigenvalue weighted by molar-refractivity contribution is 14.0. The lowest BCUT2D eigenvalue weighted by molar-refractivity contribution is 0.105. The second kappa shape index (κ2) is 11.0. The number of halogens is 1. The molecule has 0 amide bonds. The summed E-state index contributed by atoms with van der Waals surface area (Å²) in [6, 6.07) is 6.41. The Hall–Kier alpha value is -1.02. The number of nitrogens with zero attached hydrogens (tertiary/aromatic N) is 1. The van der Waals surface area contributed by atoms with Gasteiger partial charge in [-0.3, -0.25) is 4.99 Å². The molecular weight excluding hydrogens is 441 g/mol. The third-order valence-corrected chi connectivity index (χ3v) is 4.85. The van der Waals surface area contributed by atoms with E-state index < -0.39 is 0 Å². The fourth-order valence-electron chi connectivity index (χ4n) is 3.06. The zero-order chi connectivity index (χ0) is 17.5. The van der Waals surface area contributed by atoms with Crippen LogP contribution in [0.3, 0.4) is 0 Å². The summed E-state index contributed by atoms with van der Waals surface area (Å²) >= 11 is 0. The molecule has 1 saturated carbocycles. The molecule has 5 nitrogen and oxygen atoms in total. The van der Waals surface area contributed by atoms with Crippen LogP contribution >= 0.6 is 24.0 Å². The topological polar surface area (TPSA) is 54.9 Å². The molecule has 6 heteroatoms. The highest BCUT2D eigenvalue weighted by Crippen LogP contribution is 2.30. The summed E-state index contributed by atoms with van der Waals surface area (Å²) in [6.45, 7) is 5.44. The maximum Gasteiger partial charge on any atom is 0.191 e. The lowest BCUT2D eigenvalue weighted by atomic mass is 10.1. The quantitative estimate of drug-likeness (QED) is 0.344. The molecule has 1 unspecified atom stereocenters. The number of ether oxygens (including phenoxy) is 2. The van der Waals surface area contributed by atoms with E-state index in [0.717, 1.165) is 43.8 Å². The predicted octanol–water partition coefficient (Wildman–Crippen LogP) is 3.64. The first kappa shape index (κ1) is 21.3. The van der Waals surface area contributed by atoms with Crippen LogP contribution in [0.4, 0.5) is 0 Å². The van der Waals surface area contributed by atoms with E-state index in [0.29, 0.717) is 12.6 Å². The van der Waals surface area contributed by atoms with E-state index in [1.165, 1.54) is 36.8 Å². The second-order valence-corrected chi connectivity index (χ2v) is 7.14. The van der Waals surface area contributed by atoms with Crippen molar-refractivity contribution in [3.8, 4) is 5.75 Å². The average molecular weight is 473 g/mol. The first-order valence-corrected chi connectivity index (χ1v) is 9.53. The van der Waals surface area contributed by atoms with Crippen LogP contribution < -0.4 is 15.4 Å². The summed E-state index contributed by atoms with van der Waals surface area (Å²) in [5.41, 5.74) is 2.40. The van der Waals surface area contributed by atoms with Gasteiger partial charge in [0.05, 0.1) is 12.7 Å². The molecule has 3 rings (SSSR count). The summed E-state index contributed by atoms with van der Waals surface area (Å²) in [6.07, 6.45) is 6.42. The Morgan fingerprint density at radius 2 is 2.12 bits per heavy atom. The molecule has 0 aromatic heterocycles. The van der Waals surface area contributed by atoms with Crippen molar-refractivity contribution < 1.29 is 9.47 Å². The number of nitrogens with one attached hydrogen (secondary N) is 2. The van der Waals surface area contributed by atoms with Crippen LogP contribution in [0, 0.1) is 12.8 Å². The average Bonchev–Trinajstić information content (AvgIpc) is 3.31. The van der Waals surface area contributed by atoms with Crippen molar-refractivity contribution in [3.63, 3.8) is 0 Å². The number of guanidine groups is 1. The molecule has 1 aliphatic heterocycles. The molecule has 0 bridgehead atoms. The standard InChI is InChI=1S/C20H31N3O2.HI/c1-15-5-8-17(19(12-15)25-14-16-6-7-16)13-23-20(21-2)22-10-9-18-4-3-11-24-18;/h5,8,12,16,18H,3-4,6-7,9-11,13-14H2,1-2H3,(H2,21,22,23);1H. The molecule has 26 heavy (non-hydrogen) atoms. The molecule has 0 radical (unpaired) electrons. The highest BCUT2D eigenvalue weighted by atomic mass is 127. The Morgan fingerprint density at radius 3 is 2.81 bits per heavy atom. The van der Waals surface area contributed by atoms with Crippen LogP contribution in [-0.2, 0) is 11.3 Å². The molecule has 146 valence electrons. The van der Waals surface area contributed by atoms with E-state index in [-0.39, 0.29) is 24.0 Å². The van der Waals surface area contributed by atoms with E-state index in [1.807, 2.05) is 0 Å². The molecular formula is C20H32IN3O2. The summed E-state index contributed by atoms with van der Waals surface area (Å²) < 4.78 is 11.7. The van der Waals surface area contributed by atoms with Gasteiger partial charge in [0.25, 0.3) is 0 Å². The number of hydrogen-bond donors (Lipinski definition) is 2. The number of aryl methyl sites for hydroxylation is 1. The normalized spacial score (nSPS) is 19.8. The summed E-state index contributed by atoms with van der Waals surface area (Å²) in [5, 5.41) is 6.77. The monoisotopic (exact) mass is 473 g/mol. The summed E-state index contributed by atoms with van der Waals surface area (Å²) in [4.78, 5) is 4.31. The van der Waals surface area contributed by atoms with E-state index in [4.69, 9.17) is 9.47 Å². The fourth-order valence-corrected chi connectivity index (χ4v) is 3.06. The van der Waals surface area contributed by atoms with Crippen molar-refractivity contribution in [2.45, 2.75) is 51.7 Å². The number of rotatable bonds is 8. The lowest BCUT2D eigenvalue weighted by Crippen LogP contribution is -2.38. The summed E-state index contributed by atoms with van der Waals surface area (Å²) in [7, 11) is 1.81. The van der Waals surface area contributed by atoms with E-state index in [2.05, 4.69) is 40.7 Å². The second-order valence-electron chi connectivity index (χ2n) is 7.14. The molecule has 2 fully saturated rings. The molecule has 1 atom stereocenters. The molecule has 1 heterocycles. The largest absolute Gasteiger partial charge is 0.493 e. The first-order chi connectivity index (χ1) is 12.2. The van der Waals surface area contributed by atoms with Crippen molar-refractivity contribution in [1.82, 2.24) is 10.6 Å². The van der Waals surface area contributed by atoms with Gasteiger partial charge in [0.1, 0.15) is 5.75 Å². The van der Waals surface area contributed by atoms with Gasteiger partial charge < -0.3 is 20.1 Å². The van der Waals surface area contributed by atoms with Crippen molar-refractivity contribution in [2.75, 3.05) is 26.8 Å². The van der Waals surface area contributed by atoms with Gasteiger partial charge in [0, 0.05) is 32.3 Å². The first-order valence-electron chi connectivity index (χ1n) is 9.53. The van der Waals surface area contributed by atoms with Crippen LogP contribution in [0.25, 0.3) is 0 Å². The number of hydrogen-bond acceptors (Lipinski definition) is 3. The summed E-state index contributed by atoms with van der Waals surface area (Å²) in [5.74, 6) is 2.58. The Labute approximate surface area is 174 Å². The SMILES string of the molecule is CN=C(NCCC1CCCO1)NCc1ccc(C)cc1OCC1CC1.I. The fraction of sp³-hybridized carbons (Fsp3) is 0.650. The van der Waals surface area contributed by atoms with E-state index in [1.54, 1.807) is 7.05 Å². The van der Waals surface area contributed by atoms with Gasteiger partial charge in [-0.05, 0) is 56.6 Å². The smallest absolute Gasteiger partial charge is 0.191 e.